The molecule has 0 N–H and O–H groups in total. The van der Waals surface area contributed by atoms with Crippen LogP contribution in [0, 0.1) is 0 Å². The Morgan fingerprint density at radius 2 is 1.57 bits per heavy atom. The molecule has 0 spiro atoms. The van der Waals surface area contributed by atoms with Gasteiger partial charge in [0.05, 0.1) is 4.90 Å². The van der Waals surface area contributed by atoms with E-state index in [0.29, 0.717) is 12.1 Å². The van der Waals surface area contributed by atoms with Gasteiger partial charge in [0, 0.05) is 0 Å². The summed E-state index contributed by atoms with van der Waals surface area (Å²) in [6.07, 6.45) is 0. The summed E-state index contributed by atoms with van der Waals surface area (Å²) in [6, 6.07) is 3.14. The molecule has 78 valence electrons. The Hall–Kier alpha value is -1.05. The van der Waals surface area contributed by atoms with Crippen LogP contribution < -0.4 is 5.46 Å². The van der Waals surface area contributed by atoms with Crippen LogP contribution in [0.5, 0.6) is 0 Å². The van der Waals surface area contributed by atoms with Crippen molar-refractivity contribution in [2.24, 2.45) is 0 Å². The second-order valence-corrected chi connectivity index (χ2v) is 3.87. The van der Waals surface area contributed by atoms with Gasteiger partial charge in [0.1, 0.15) is 0 Å². The van der Waals surface area contributed by atoms with Gasteiger partial charge >= 0.3 is 17.2 Å². The van der Waals surface area contributed by atoms with Crippen molar-refractivity contribution in [3.63, 3.8) is 0 Å². The predicted molar refractivity (Wildman–Crippen MR) is 43.4 cm³/mol. The lowest BCUT2D eigenvalue weighted by Crippen LogP contribution is -2.37. The van der Waals surface area contributed by atoms with Gasteiger partial charge in [-0.3, -0.25) is 0 Å². The molecule has 2 nitrogen and oxygen atoms in total. The molecule has 0 radical (unpaired) electrons. The number of benzene rings is 1. The molecule has 0 heterocycles. The molecule has 0 aliphatic heterocycles. The largest absolute Gasteiger partial charge is 0.511 e. The summed E-state index contributed by atoms with van der Waals surface area (Å²) in [5.41, 5.74) is -1.44. The average molecular weight is 227 g/mol. The van der Waals surface area contributed by atoms with Gasteiger partial charge in [-0.2, -0.15) is 8.42 Å². The predicted octanol–water partition coefficient (Wildman–Crippen LogP) is 1.40. The van der Waals surface area contributed by atoms with Crippen LogP contribution in [-0.4, -0.2) is 15.4 Å². The van der Waals surface area contributed by atoms with Crippen molar-refractivity contribution in [2.75, 3.05) is 0 Å². The third-order valence-electron chi connectivity index (χ3n) is 1.53. The molecule has 0 unspecified atom stereocenters. The van der Waals surface area contributed by atoms with E-state index in [9.17, 15) is 25.3 Å². The molecule has 0 saturated carbocycles. The first-order chi connectivity index (χ1) is 6.23. The van der Waals surface area contributed by atoms with Crippen molar-refractivity contribution in [1.82, 2.24) is 0 Å². The third-order valence-corrected chi connectivity index (χ3v) is 2.43. The quantitative estimate of drug-likeness (QED) is 0.434. The molecule has 0 aromatic heterocycles. The zero-order valence-electron chi connectivity index (χ0n) is 6.62. The number of hydrogen-bond donors (Lipinski definition) is 0. The Labute approximate surface area is 77.8 Å². The van der Waals surface area contributed by atoms with Crippen molar-refractivity contribution < 1.29 is 25.3 Å². The van der Waals surface area contributed by atoms with Crippen LogP contribution in [0.25, 0.3) is 0 Å². The Morgan fingerprint density at radius 1 is 1.07 bits per heavy atom. The molecule has 8 heteroatoms. The van der Waals surface area contributed by atoms with E-state index in [-0.39, 0.29) is 0 Å². The molecular weight excluding hydrogens is 223 g/mol. The molecule has 0 aliphatic rings. The van der Waals surface area contributed by atoms with Crippen LogP contribution >= 0.6 is 0 Å². The van der Waals surface area contributed by atoms with E-state index in [2.05, 4.69) is 0 Å². The minimum Gasteiger partial charge on any atom is -0.445 e. The number of halogens is 4. The maximum Gasteiger partial charge on any atom is 0.511 e. The van der Waals surface area contributed by atoms with Crippen molar-refractivity contribution in [2.45, 2.75) is 4.90 Å². The van der Waals surface area contributed by atoms with Gasteiger partial charge < -0.3 is 12.9 Å². The highest BCUT2D eigenvalue weighted by Crippen LogP contribution is 2.17. The van der Waals surface area contributed by atoms with Crippen molar-refractivity contribution in [3.8, 4) is 0 Å². The fraction of sp³-hybridized carbons (Fsp3) is 0. The second-order valence-electron chi connectivity index (χ2n) is 2.55. The molecule has 0 fully saturated rings. The van der Waals surface area contributed by atoms with Crippen LogP contribution in [0.3, 0.4) is 0 Å². The smallest absolute Gasteiger partial charge is 0.445 e. The third kappa shape index (κ3) is 2.25. The van der Waals surface area contributed by atoms with E-state index in [1.165, 1.54) is 0 Å². The van der Waals surface area contributed by atoms with Crippen LogP contribution in [-0.2, 0) is 10.2 Å². The van der Waals surface area contributed by atoms with Gasteiger partial charge in [0.2, 0.25) is 0 Å². The highest BCUT2D eigenvalue weighted by Gasteiger charge is 2.32. The summed E-state index contributed by atoms with van der Waals surface area (Å²) in [5.74, 6) is 0. The highest BCUT2D eigenvalue weighted by atomic mass is 32.3. The van der Waals surface area contributed by atoms with E-state index in [1.54, 1.807) is 0 Å². The van der Waals surface area contributed by atoms with Crippen LogP contribution in [0.4, 0.5) is 16.8 Å². The van der Waals surface area contributed by atoms with Gasteiger partial charge in [-0.05, 0) is 6.07 Å². The summed E-state index contributed by atoms with van der Waals surface area (Å²) in [6.45, 7) is -5.52. The summed E-state index contributed by atoms with van der Waals surface area (Å²) in [4.78, 5) is -1.33. The van der Waals surface area contributed by atoms with Crippen molar-refractivity contribution in [1.29, 1.82) is 0 Å². The summed E-state index contributed by atoms with van der Waals surface area (Å²) >= 11 is 0. The summed E-state index contributed by atoms with van der Waals surface area (Å²) in [5, 5.41) is 0. The molecular formula is C6H4BF4O2S-. The van der Waals surface area contributed by atoms with Gasteiger partial charge in [-0.1, -0.05) is 23.7 Å². The van der Waals surface area contributed by atoms with E-state index >= 15 is 0 Å². The van der Waals surface area contributed by atoms with Gasteiger partial charge in [-0.15, -0.1) is 3.89 Å². The van der Waals surface area contributed by atoms with E-state index in [4.69, 9.17) is 0 Å². The zero-order valence-corrected chi connectivity index (χ0v) is 7.44. The topological polar surface area (TPSA) is 34.1 Å². The second kappa shape index (κ2) is 3.27. The first kappa shape index (κ1) is 11.0. The van der Waals surface area contributed by atoms with Gasteiger partial charge in [0.25, 0.3) is 0 Å². The maximum atomic E-state index is 12.4. The lowest BCUT2D eigenvalue weighted by atomic mass is 9.80. The van der Waals surface area contributed by atoms with E-state index in [0.717, 1.165) is 12.1 Å². The minimum absolute atomic E-state index is 0.534. The normalized spacial score (nSPS) is 12.9. The van der Waals surface area contributed by atoms with Crippen LogP contribution in [0.15, 0.2) is 29.2 Å². The SMILES string of the molecule is O=S(=O)(F)c1ccccc1[B-](F)(F)F. The zero-order chi connectivity index (χ0) is 11.0. The van der Waals surface area contributed by atoms with Crippen molar-refractivity contribution >= 4 is 22.7 Å². The minimum atomic E-state index is -5.52. The van der Waals surface area contributed by atoms with Gasteiger partial charge in [-0.25, -0.2) is 0 Å². The van der Waals surface area contributed by atoms with Gasteiger partial charge in [0.15, 0.2) is 0 Å². The Bertz CT molecular complexity index is 439. The van der Waals surface area contributed by atoms with E-state index < -0.39 is 27.6 Å². The van der Waals surface area contributed by atoms with Crippen molar-refractivity contribution in [3.05, 3.63) is 24.3 Å². The molecule has 0 amide bonds. The van der Waals surface area contributed by atoms with Crippen LogP contribution in [0.1, 0.15) is 0 Å². The van der Waals surface area contributed by atoms with Crippen LogP contribution in [0.2, 0.25) is 0 Å². The molecule has 1 rings (SSSR count). The monoisotopic (exact) mass is 227 g/mol. The Balaban J connectivity index is 3.47. The lowest BCUT2D eigenvalue weighted by Gasteiger charge is -2.16. The first-order valence-electron chi connectivity index (χ1n) is 3.46. The highest BCUT2D eigenvalue weighted by molar-refractivity contribution is 7.86. The molecule has 0 saturated heterocycles. The average Bonchev–Trinajstić information content (AvgIpc) is 2.01. The Kier molecular flexibility index (Phi) is 2.57. The number of hydrogen-bond acceptors (Lipinski definition) is 2. The molecule has 0 aliphatic carbocycles. The number of rotatable bonds is 2. The standard InChI is InChI=1S/C6H4BF4O2S/c8-7(9,10)5-3-1-2-4-6(5)14(11,12)13/h1-4H/q-1. The summed E-state index contributed by atoms with van der Waals surface area (Å²) in [7, 11) is -5.32. The first-order valence-corrected chi connectivity index (χ1v) is 4.85. The molecule has 14 heavy (non-hydrogen) atoms. The fourth-order valence-corrected chi connectivity index (χ4v) is 1.70. The van der Waals surface area contributed by atoms with E-state index in [1.807, 2.05) is 0 Å². The maximum absolute atomic E-state index is 12.4. The molecule has 0 bridgehead atoms. The summed E-state index contributed by atoms with van der Waals surface area (Å²) < 4.78 is 69.7. The lowest BCUT2D eigenvalue weighted by molar-refractivity contribution is 0.497. The Morgan fingerprint density at radius 3 is 1.93 bits per heavy atom. The fourth-order valence-electron chi connectivity index (χ4n) is 0.973. The molecule has 1 aromatic carbocycles. The molecule has 1 aromatic rings. The molecule has 0 atom stereocenters.